The number of hydrogen-bond donors (Lipinski definition) is 0. The van der Waals surface area contributed by atoms with Gasteiger partial charge in [0.15, 0.2) is 5.12 Å². The lowest BCUT2D eigenvalue weighted by Crippen LogP contribution is -1.82. The molecular weight excluding hydrogens is 218 g/mol. The quantitative estimate of drug-likeness (QED) is 0.795. The van der Waals surface area contributed by atoms with Gasteiger partial charge >= 0.3 is 0 Å². The Kier molecular flexibility index (Phi) is 4.70. The van der Waals surface area contributed by atoms with E-state index in [2.05, 4.69) is 4.98 Å². The van der Waals surface area contributed by atoms with Crippen LogP contribution in [0.4, 0.5) is 0 Å². The van der Waals surface area contributed by atoms with Crippen molar-refractivity contribution >= 4 is 34.6 Å². The molecule has 0 fully saturated rings. The minimum absolute atomic E-state index is 0.119. The van der Waals surface area contributed by atoms with Crippen molar-refractivity contribution in [2.75, 3.05) is 5.75 Å². The summed E-state index contributed by atoms with van der Waals surface area (Å²) in [4.78, 5) is 14.7. The van der Waals surface area contributed by atoms with Crippen LogP contribution in [-0.4, -0.2) is 15.9 Å². The third-order valence-corrected chi connectivity index (χ3v) is 2.42. The third-order valence-electron chi connectivity index (χ3n) is 1.41. The first-order valence-corrected chi connectivity index (χ1v) is 5.46. The van der Waals surface area contributed by atoms with Gasteiger partial charge in [0, 0.05) is 23.9 Å². The van der Waals surface area contributed by atoms with Crippen molar-refractivity contribution in [3.8, 4) is 0 Å². The van der Waals surface area contributed by atoms with Gasteiger partial charge in [-0.1, -0.05) is 29.4 Å². The number of hydrogen-bond acceptors (Lipinski definition) is 3. The molecule has 0 unspecified atom stereocenters. The van der Waals surface area contributed by atoms with E-state index < -0.39 is 0 Å². The Morgan fingerprint density at radius 2 is 2.50 bits per heavy atom. The maximum absolute atomic E-state index is 10.6. The van der Waals surface area contributed by atoms with Crippen molar-refractivity contribution in [3.05, 3.63) is 35.1 Å². The molecule has 0 spiro atoms. The zero-order valence-corrected chi connectivity index (χ0v) is 9.31. The fraction of sp³-hybridized carbons (Fsp3) is 0.200. The Labute approximate surface area is 92.4 Å². The number of halogens is 1. The SMILES string of the molecule is CC(=O)SCC=Cc1cc(Cl)ccn1. The predicted octanol–water partition coefficient (Wildman–Crippen LogP) is 3.03. The van der Waals surface area contributed by atoms with Crippen molar-refractivity contribution in [2.45, 2.75) is 6.92 Å². The Hall–Kier alpha value is -0.800. The fourth-order valence-electron chi connectivity index (χ4n) is 0.847. The van der Waals surface area contributed by atoms with Crippen LogP contribution in [0.5, 0.6) is 0 Å². The number of rotatable bonds is 3. The van der Waals surface area contributed by atoms with Crippen LogP contribution >= 0.6 is 23.4 Å². The number of nitrogens with zero attached hydrogens (tertiary/aromatic N) is 1. The molecule has 1 aromatic rings. The van der Waals surface area contributed by atoms with Gasteiger partial charge in [-0.3, -0.25) is 9.78 Å². The van der Waals surface area contributed by atoms with Gasteiger partial charge in [-0.05, 0) is 18.2 Å². The van der Waals surface area contributed by atoms with Gasteiger partial charge in [0.2, 0.25) is 0 Å². The Morgan fingerprint density at radius 3 is 3.14 bits per heavy atom. The number of carbonyl (C=O) groups excluding carboxylic acids is 1. The smallest absolute Gasteiger partial charge is 0.186 e. The standard InChI is InChI=1S/C10H10ClNOS/c1-8(13)14-6-2-3-10-7-9(11)4-5-12-10/h2-5,7H,6H2,1H3. The number of carbonyl (C=O) groups is 1. The van der Waals surface area contributed by atoms with E-state index in [0.29, 0.717) is 10.8 Å². The molecule has 0 aliphatic heterocycles. The molecule has 14 heavy (non-hydrogen) atoms. The van der Waals surface area contributed by atoms with Crippen molar-refractivity contribution < 1.29 is 4.79 Å². The monoisotopic (exact) mass is 227 g/mol. The van der Waals surface area contributed by atoms with Crippen LogP contribution in [0.2, 0.25) is 5.02 Å². The van der Waals surface area contributed by atoms with Crippen LogP contribution in [0.25, 0.3) is 6.08 Å². The largest absolute Gasteiger partial charge is 0.288 e. The summed E-state index contributed by atoms with van der Waals surface area (Å²) >= 11 is 7.04. The lowest BCUT2D eigenvalue weighted by atomic mass is 10.3. The van der Waals surface area contributed by atoms with Crippen molar-refractivity contribution in [3.63, 3.8) is 0 Å². The van der Waals surface area contributed by atoms with E-state index >= 15 is 0 Å². The van der Waals surface area contributed by atoms with Gasteiger partial charge < -0.3 is 0 Å². The lowest BCUT2D eigenvalue weighted by molar-refractivity contribution is -0.109. The highest BCUT2D eigenvalue weighted by Crippen LogP contribution is 2.09. The summed E-state index contributed by atoms with van der Waals surface area (Å²) in [6.07, 6.45) is 5.40. The van der Waals surface area contributed by atoms with Gasteiger partial charge in [-0.25, -0.2) is 0 Å². The first-order valence-electron chi connectivity index (χ1n) is 4.10. The fourth-order valence-corrected chi connectivity index (χ4v) is 1.44. The number of thioether (sulfide) groups is 1. The van der Waals surface area contributed by atoms with E-state index in [4.69, 9.17) is 11.6 Å². The summed E-state index contributed by atoms with van der Waals surface area (Å²) in [7, 11) is 0. The second kappa shape index (κ2) is 5.83. The second-order valence-electron chi connectivity index (χ2n) is 2.60. The highest BCUT2D eigenvalue weighted by atomic mass is 35.5. The molecule has 0 aliphatic carbocycles. The zero-order valence-electron chi connectivity index (χ0n) is 7.74. The minimum atomic E-state index is 0.119. The molecule has 0 aliphatic rings. The normalized spacial score (nSPS) is 10.7. The van der Waals surface area contributed by atoms with E-state index in [-0.39, 0.29) is 5.12 Å². The van der Waals surface area contributed by atoms with E-state index in [1.165, 1.54) is 11.8 Å². The summed E-state index contributed by atoms with van der Waals surface area (Å²) < 4.78 is 0. The first kappa shape index (κ1) is 11.3. The second-order valence-corrected chi connectivity index (χ2v) is 4.24. The predicted molar refractivity (Wildman–Crippen MR) is 61.4 cm³/mol. The minimum Gasteiger partial charge on any atom is -0.288 e. The molecule has 0 bridgehead atoms. The summed E-state index contributed by atoms with van der Waals surface area (Å²) in [6.45, 7) is 1.55. The molecule has 1 heterocycles. The first-order chi connectivity index (χ1) is 6.68. The van der Waals surface area contributed by atoms with Gasteiger partial charge in [-0.15, -0.1) is 0 Å². The molecule has 0 N–H and O–H groups in total. The summed E-state index contributed by atoms with van der Waals surface area (Å²) in [5, 5.41) is 0.785. The van der Waals surface area contributed by atoms with E-state index in [1.807, 2.05) is 12.2 Å². The van der Waals surface area contributed by atoms with Crippen molar-refractivity contribution in [2.24, 2.45) is 0 Å². The molecule has 0 atom stereocenters. The lowest BCUT2D eigenvalue weighted by Gasteiger charge is -1.93. The molecule has 74 valence electrons. The molecule has 0 aromatic carbocycles. The van der Waals surface area contributed by atoms with Gasteiger partial charge in [0.05, 0.1) is 5.69 Å². The Balaban J connectivity index is 2.47. The van der Waals surface area contributed by atoms with Crippen LogP contribution < -0.4 is 0 Å². The Morgan fingerprint density at radius 1 is 1.71 bits per heavy atom. The zero-order chi connectivity index (χ0) is 10.4. The van der Waals surface area contributed by atoms with Crippen LogP contribution in [-0.2, 0) is 4.79 Å². The molecule has 0 saturated heterocycles. The molecule has 0 radical (unpaired) electrons. The molecule has 4 heteroatoms. The maximum Gasteiger partial charge on any atom is 0.186 e. The van der Waals surface area contributed by atoms with Gasteiger partial charge in [0.25, 0.3) is 0 Å². The van der Waals surface area contributed by atoms with Crippen molar-refractivity contribution in [1.29, 1.82) is 0 Å². The maximum atomic E-state index is 10.6. The average molecular weight is 228 g/mol. The molecule has 1 aromatic heterocycles. The van der Waals surface area contributed by atoms with E-state index in [0.717, 1.165) is 5.69 Å². The Bertz CT molecular complexity index is 352. The summed E-state index contributed by atoms with van der Waals surface area (Å²) in [6, 6.07) is 3.50. The molecule has 0 amide bonds. The molecular formula is C10H10ClNOS. The topological polar surface area (TPSA) is 30.0 Å². The van der Waals surface area contributed by atoms with E-state index in [1.54, 1.807) is 25.3 Å². The number of pyridine rings is 1. The highest BCUT2D eigenvalue weighted by Gasteiger charge is 1.91. The van der Waals surface area contributed by atoms with Crippen LogP contribution in [0.15, 0.2) is 24.4 Å². The average Bonchev–Trinajstić information content (AvgIpc) is 2.12. The van der Waals surface area contributed by atoms with Gasteiger partial charge in [0.1, 0.15) is 0 Å². The van der Waals surface area contributed by atoms with Crippen LogP contribution in [0.1, 0.15) is 12.6 Å². The molecule has 0 saturated carbocycles. The van der Waals surface area contributed by atoms with Gasteiger partial charge in [-0.2, -0.15) is 0 Å². The van der Waals surface area contributed by atoms with Crippen LogP contribution in [0.3, 0.4) is 0 Å². The third kappa shape index (κ3) is 4.44. The van der Waals surface area contributed by atoms with Crippen molar-refractivity contribution in [1.82, 2.24) is 4.98 Å². The summed E-state index contributed by atoms with van der Waals surface area (Å²) in [5.41, 5.74) is 0.807. The molecule has 1 rings (SSSR count). The highest BCUT2D eigenvalue weighted by molar-refractivity contribution is 8.13. The molecule has 2 nitrogen and oxygen atoms in total. The van der Waals surface area contributed by atoms with Crippen LogP contribution in [0, 0.1) is 0 Å². The van der Waals surface area contributed by atoms with E-state index in [9.17, 15) is 4.79 Å². The number of aromatic nitrogens is 1. The summed E-state index contributed by atoms with van der Waals surface area (Å²) in [5.74, 6) is 0.670.